The minimum Gasteiger partial charge on any atom is -0.483 e. The highest BCUT2D eigenvalue weighted by molar-refractivity contribution is 5.97. The average molecular weight is 447 g/mol. The number of piperidine rings is 1. The van der Waals surface area contributed by atoms with E-state index in [4.69, 9.17) is 14.5 Å². The molecule has 1 unspecified atom stereocenters. The first-order valence-electron chi connectivity index (χ1n) is 11.5. The number of aromatic nitrogens is 1. The van der Waals surface area contributed by atoms with Gasteiger partial charge in [-0.3, -0.25) is 4.79 Å². The van der Waals surface area contributed by atoms with Crippen LogP contribution in [0.15, 0.2) is 48.5 Å². The summed E-state index contributed by atoms with van der Waals surface area (Å²) < 4.78 is 11.2. The summed E-state index contributed by atoms with van der Waals surface area (Å²) in [6, 6.07) is 15.2. The van der Waals surface area contributed by atoms with Crippen LogP contribution in [0, 0.1) is 12.8 Å². The maximum atomic E-state index is 12.8. The summed E-state index contributed by atoms with van der Waals surface area (Å²) in [5.74, 6) is 0.612. The molecular weight excluding hydrogens is 416 g/mol. The molecule has 2 aromatic carbocycles. The van der Waals surface area contributed by atoms with Gasteiger partial charge in [-0.1, -0.05) is 36.8 Å². The lowest BCUT2D eigenvalue weighted by molar-refractivity contribution is -0.135. The van der Waals surface area contributed by atoms with E-state index >= 15 is 0 Å². The molecule has 33 heavy (non-hydrogen) atoms. The average Bonchev–Trinajstić information content (AvgIpc) is 2.82. The molecule has 4 rings (SSSR count). The number of fused-ring (bicyclic) bond motifs is 1. The van der Waals surface area contributed by atoms with Crippen molar-refractivity contribution < 1.29 is 19.1 Å². The predicted octanol–water partition coefficient (Wildman–Crippen LogP) is 5.02. The zero-order valence-electron chi connectivity index (χ0n) is 19.5. The number of hydrogen-bond acceptors (Lipinski definition) is 5. The number of pyridine rings is 1. The number of nitrogens with zero attached hydrogens (tertiary/aromatic N) is 2. The van der Waals surface area contributed by atoms with Crippen LogP contribution in [-0.4, -0.2) is 48.1 Å². The van der Waals surface area contributed by atoms with E-state index in [1.165, 1.54) is 0 Å². The van der Waals surface area contributed by atoms with E-state index in [9.17, 15) is 9.59 Å². The van der Waals surface area contributed by atoms with Crippen LogP contribution in [0.2, 0.25) is 0 Å². The second kappa shape index (κ2) is 10.0. The zero-order valence-corrected chi connectivity index (χ0v) is 19.5. The van der Waals surface area contributed by atoms with Crippen LogP contribution >= 0.6 is 0 Å². The molecule has 1 aliphatic heterocycles. The maximum Gasteiger partial charge on any atom is 0.338 e. The summed E-state index contributed by atoms with van der Waals surface area (Å²) in [5.41, 5.74) is 3.99. The molecule has 0 spiro atoms. The van der Waals surface area contributed by atoms with Crippen molar-refractivity contribution in [1.29, 1.82) is 0 Å². The standard InChI is InChI=1S/C27H30N2O4/c1-4-32-27(31)21-11-12-23-22(14-21)25(15-24(28-23)20-9-7-18(2)8-10-20)33-17-26(30)29-13-5-6-19(3)16-29/h7-12,14-15,19H,4-6,13,16-17H2,1-3H3. The third-order valence-corrected chi connectivity index (χ3v) is 5.99. The van der Waals surface area contributed by atoms with Gasteiger partial charge < -0.3 is 14.4 Å². The summed E-state index contributed by atoms with van der Waals surface area (Å²) in [7, 11) is 0. The normalized spacial score (nSPS) is 16.0. The molecular formula is C27H30N2O4. The quantitative estimate of drug-likeness (QED) is 0.497. The van der Waals surface area contributed by atoms with Gasteiger partial charge in [-0.15, -0.1) is 0 Å². The summed E-state index contributed by atoms with van der Waals surface area (Å²) in [6.07, 6.45) is 2.17. The van der Waals surface area contributed by atoms with Crippen molar-refractivity contribution in [1.82, 2.24) is 9.88 Å². The number of aryl methyl sites for hydroxylation is 1. The lowest BCUT2D eigenvalue weighted by atomic mass is 10.0. The Morgan fingerprint density at radius 3 is 2.64 bits per heavy atom. The number of ether oxygens (including phenoxy) is 2. The van der Waals surface area contributed by atoms with Gasteiger partial charge in [0.1, 0.15) is 5.75 Å². The highest BCUT2D eigenvalue weighted by Crippen LogP contribution is 2.31. The number of carbonyl (C=O) groups excluding carboxylic acids is 2. The molecule has 172 valence electrons. The van der Waals surface area contributed by atoms with Gasteiger partial charge in [-0.05, 0) is 50.8 Å². The molecule has 0 bridgehead atoms. The van der Waals surface area contributed by atoms with Gasteiger partial charge in [0, 0.05) is 30.1 Å². The molecule has 1 fully saturated rings. The fourth-order valence-electron chi connectivity index (χ4n) is 4.17. The van der Waals surface area contributed by atoms with Crippen molar-refractivity contribution in [2.45, 2.75) is 33.6 Å². The third kappa shape index (κ3) is 5.33. The molecule has 1 aliphatic rings. The molecule has 2 heterocycles. The second-order valence-electron chi connectivity index (χ2n) is 8.70. The Labute approximate surface area is 194 Å². The molecule has 6 heteroatoms. The van der Waals surface area contributed by atoms with Gasteiger partial charge >= 0.3 is 5.97 Å². The van der Waals surface area contributed by atoms with E-state index in [0.717, 1.165) is 42.8 Å². The Bertz CT molecular complexity index is 1160. The predicted molar refractivity (Wildman–Crippen MR) is 128 cm³/mol. The first kappa shape index (κ1) is 22.8. The number of amides is 1. The van der Waals surface area contributed by atoms with Crippen molar-refractivity contribution in [3.05, 3.63) is 59.7 Å². The largest absolute Gasteiger partial charge is 0.483 e. The molecule has 1 aromatic heterocycles. The fraction of sp³-hybridized carbons (Fsp3) is 0.370. The van der Waals surface area contributed by atoms with E-state index in [-0.39, 0.29) is 12.5 Å². The van der Waals surface area contributed by atoms with Crippen LogP contribution < -0.4 is 4.74 Å². The molecule has 0 saturated carbocycles. The highest BCUT2D eigenvalue weighted by Gasteiger charge is 2.22. The van der Waals surface area contributed by atoms with Gasteiger partial charge in [-0.2, -0.15) is 0 Å². The van der Waals surface area contributed by atoms with E-state index in [1.54, 1.807) is 25.1 Å². The molecule has 3 aromatic rings. The Morgan fingerprint density at radius 1 is 1.12 bits per heavy atom. The first-order chi connectivity index (χ1) is 15.9. The van der Waals surface area contributed by atoms with Crippen molar-refractivity contribution in [2.24, 2.45) is 5.92 Å². The highest BCUT2D eigenvalue weighted by atomic mass is 16.5. The minimum absolute atomic E-state index is 0.0232. The molecule has 1 atom stereocenters. The van der Waals surface area contributed by atoms with Crippen LogP contribution in [0.3, 0.4) is 0 Å². The molecule has 1 saturated heterocycles. The van der Waals surface area contributed by atoms with Gasteiger partial charge in [0.05, 0.1) is 23.4 Å². The Kier molecular flexibility index (Phi) is 6.92. The SMILES string of the molecule is CCOC(=O)c1ccc2nc(-c3ccc(C)cc3)cc(OCC(=O)N3CCCC(C)C3)c2c1. The van der Waals surface area contributed by atoms with E-state index in [0.29, 0.717) is 34.7 Å². The van der Waals surface area contributed by atoms with Crippen LogP contribution in [0.1, 0.15) is 42.6 Å². The summed E-state index contributed by atoms with van der Waals surface area (Å²) in [6.45, 7) is 7.76. The minimum atomic E-state index is -0.397. The topological polar surface area (TPSA) is 68.7 Å². The van der Waals surface area contributed by atoms with Crippen molar-refractivity contribution >= 4 is 22.8 Å². The van der Waals surface area contributed by atoms with Crippen LogP contribution in [-0.2, 0) is 9.53 Å². The number of carbonyl (C=O) groups is 2. The van der Waals surface area contributed by atoms with Gasteiger partial charge in [0.25, 0.3) is 5.91 Å². The third-order valence-electron chi connectivity index (χ3n) is 5.99. The number of benzene rings is 2. The number of likely N-dealkylation sites (tertiary alicyclic amines) is 1. The van der Waals surface area contributed by atoms with Gasteiger partial charge in [-0.25, -0.2) is 9.78 Å². The number of rotatable bonds is 6. The second-order valence-corrected chi connectivity index (χ2v) is 8.70. The van der Waals surface area contributed by atoms with Crippen molar-refractivity contribution in [2.75, 3.05) is 26.3 Å². The Balaban J connectivity index is 1.68. The Hall–Kier alpha value is -3.41. The molecule has 0 N–H and O–H groups in total. The van der Waals surface area contributed by atoms with Crippen LogP contribution in [0.25, 0.3) is 22.2 Å². The lowest BCUT2D eigenvalue weighted by Gasteiger charge is -2.30. The summed E-state index contributed by atoms with van der Waals surface area (Å²) >= 11 is 0. The molecule has 0 radical (unpaired) electrons. The Morgan fingerprint density at radius 2 is 1.91 bits per heavy atom. The fourth-order valence-corrected chi connectivity index (χ4v) is 4.17. The van der Waals surface area contributed by atoms with Crippen LogP contribution in [0.5, 0.6) is 5.75 Å². The summed E-state index contributed by atoms with van der Waals surface area (Å²) in [4.78, 5) is 31.8. The van der Waals surface area contributed by atoms with E-state index in [1.807, 2.05) is 42.2 Å². The van der Waals surface area contributed by atoms with E-state index in [2.05, 4.69) is 6.92 Å². The number of esters is 1. The summed E-state index contributed by atoms with van der Waals surface area (Å²) in [5, 5.41) is 0.677. The number of hydrogen-bond donors (Lipinski definition) is 0. The van der Waals surface area contributed by atoms with Crippen LogP contribution in [0.4, 0.5) is 0 Å². The molecule has 0 aliphatic carbocycles. The van der Waals surface area contributed by atoms with Gasteiger partial charge in [0.2, 0.25) is 0 Å². The van der Waals surface area contributed by atoms with E-state index < -0.39 is 5.97 Å². The van der Waals surface area contributed by atoms with Gasteiger partial charge in [0.15, 0.2) is 6.61 Å². The monoisotopic (exact) mass is 446 g/mol. The lowest BCUT2D eigenvalue weighted by Crippen LogP contribution is -2.41. The zero-order chi connectivity index (χ0) is 23.4. The molecule has 1 amide bonds. The van der Waals surface area contributed by atoms with Crippen molar-refractivity contribution in [3.8, 4) is 17.0 Å². The molecule has 6 nitrogen and oxygen atoms in total. The smallest absolute Gasteiger partial charge is 0.338 e. The maximum absolute atomic E-state index is 12.8. The van der Waals surface area contributed by atoms with Crippen molar-refractivity contribution in [3.63, 3.8) is 0 Å². The first-order valence-corrected chi connectivity index (χ1v) is 11.5.